The standard InChI is InChI=1S/C13H10O4/c14-11(16-13-9-8-12(15)17-13)7-6-10-4-2-1-3-5-10/h1-9,13H/b7-6+. The molecule has 0 spiro atoms. The number of hydrogen-bond donors (Lipinski definition) is 0. The van der Waals surface area contributed by atoms with Gasteiger partial charge in [0.05, 0.1) is 0 Å². The van der Waals surface area contributed by atoms with Crippen LogP contribution in [0.4, 0.5) is 0 Å². The summed E-state index contributed by atoms with van der Waals surface area (Å²) >= 11 is 0. The molecule has 0 saturated carbocycles. The highest BCUT2D eigenvalue weighted by atomic mass is 16.7. The molecule has 1 atom stereocenters. The maximum atomic E-state index is 11.3. The molecule has 0 aliphatic carbocycles. The molecule has 0 N–H and O–H groups in total. The topological polar surface area (TPSA) is 52.6 Å². The molecule has 4 nitrogen and oxygen atoms in total. The molecule has 4 heteroatoms. The Hall–Kier alpha value is -2.36. The van der Waals surface area contributed by atoms with E-state index in [1.165, 1.54) is 18.2 Å². The van der Waals surface area contributed by atoms with Crippen molar-refractivity contribution in [1.82, 2.24) is 0 Å². The largest absolute Gasteiger partial charge is 0.418 e. The first kappa shape index (κ1) is 11.1. The monoisotopic (exact) mass is 230 g/mol. The number of carbonyl (C=O) groups excluding carboxylic acids is 2. The Balaban J connectivity index is 1.88. The lowest BCUT2D eigenvalue weighted by molar-refractivity contribution is -0.168. The third-order valence-electron chi connectivity index (χ3n) is 2.07. The Morgan fingerprint density at radius 3 is 2.71 bits per heavy atom. The average Bonchev–Trinajstić information content (AvgIpc) is 2.73. The van der Waals surface area contributed by atoms with Crippen LogP contribution >= 0.6 is 0 Å². The van der Waals surface area contributed by atoms with Crippen LogP contribution in [0.3, 0.4) is 0 Å². The van der Waals surface area contributed by atoms with Crippen LogP contribution in [-0.2, 0) is 19.1 Å². The van der Waals surface area contributed by atoms with Crippen LogP contribution in [0.5, 0.6) is 0 Å². The van der Waals surface area contributed by atoms with Crippen LogP contribution in [-0.4, -0.2) is 18.2 Å². The number of benzene rings is 1. The Bertz CT molecular complexity index is 473. The molecule has 1 unspecified atom stereocenters. The second kappa shape index (κ2) is 5.12. The molecular weight excluding hydrogens is 220 g/mol. The minimum atomic E-state index is -0.907. The molecule has 1 aromatic rings. The second-order valence-electron chi connectivity index (χ2n) is 3.35. The maximum absolute atomic E-state index is 11.3. The van der Waals surface area contributed by atoms with E-state index in [4.69, 9.17) is 4.74 Å². The number of carbonyl (C=O) groups is 2. The number of cyclic esters (lactones) is 1. The fourth-order valence-corrected chi connectivity index (χ4v) is 1.30. The Kier molecular flexibility index (Phi) is 3.35. The minimum absolute atomic E-state index is 0.505. The summed E-state index contributed by atoms with van der Waals surface area (Å²) in [7, 11) is 0. The van der Waals surface area contributed by atoms with E-state index in [0.717, 1.165) is 5.56 Å². The number of esters is 2. The molecule has 0 amide bonds. The molecule has 1 aliphatic heterocycles. The minimum Gasteiger partial charge on any atom is -0.418 e. The van der Waals surface area contributed by atoms with Crippen molar-refractivity contribution in [1.29, 1.82) is 0 Å². The molecule has 1 heterocycles. The smallest absolute Gasteiger partial charge is 0.334 e. The van der Waals surface area contributed by atoms with E-state index >= 15 is 0 Å². The zero-order valence-corrected chi connectivity index (χ0v) is 8.91. The van der Waals surface area contributed by atoms with Crippen molar-refractivity contribution in [2.75, 3.05) is 0 Å². The van der Waals surface area contributed by atoms with Gasteiger partial charge in [-0.2, -0.15) is 0 Å². The fraction of sp³-hybridized carbons (Fsp3) is 0.0769. The van der Waals surface area contributed by atoms with Crippen LogP contribution in [0.2, 0.25) is 0 Å². The zero-order valence-electron chi connectivity index (χ0n) is 8.91. The van der Waals surface area contributed by atoms with E-state index in [-0.39, 0.29) is 0 Å². The van der Waals surface area contributed by atoms with Crippen molar-refractivity contribution in [2.24, 2.45) is 0 Å². The van der Waals surface area contributed by atoms with Crippen LogP contribution in [0.15, 0.2) is 48.6 Å². The van der Waals surface area contributed by atoms with Crippen LogP contribution in [0.1, 0.15) is 5.56 Å². The Morgan fingerprint density at radius 2 is 2.06 bits per heavy atom. The van der Waals surface area contributed by atoms with E-state index < -0.39 is 18.2 Å². The molecular formula is C13H10O4. The maximum Gasteiger partial charge on any atom is 0.334 e. The van der Waals surface area contributed by atoms with Gasteiger partial charge in [0, 0.05) is 18.2 Å². The first-order chi connectivity index (χ1) is 8.24. The fourth-order valence-electron chi connectivity index (χ4n) is 1.30. The molecule has 0 aromatic heterocycles. The lowest BCUT2D eigenvalue weighted by atomic mass is 10.2. The van der Waals surface area contributed by atoms with Gasteiger partial charge in [0.2, 0.25) is 0 Å². The summed E-state index contributed by atoms with van der Waals surface area (Å²) in [5.41, 5.74) is 0.892. The summed E-state index contributed by atoms with van der Waals surface area (Å²) in [6.45, 7) is 0. The lowest BCUT2D eigenvalue weighted by Crippen LogP contribution is -2.15. The van der Waals surface area contributed by atoms with Crippen molar-refractivity contribution in [3.8, 4) is 0 Å². The highest BCUT2D eigenvalue weighted by molar-refractivity contribution is 5.88. The van der Waals surface area contributed by atoms with Crippen molar-refractivity contribution < 1.29 is 19.1 Å². The SMILES string of the molecule is O=C1C=CC(OC(=O)/C=C/c2ccccc2)O1. The van der Waals surface area contributed by atoms with Gasteiger partial charge in [-0.25, -0.2) is 9.59 Å². The Morgan fingerprint density at radius 1 is 1.29 bits per heavy atom. The quantitative estimate of drug-likeness (QED) is 0.585. The molecule has 1 aliphatic rings. The summed E-state index contributed by atoms with van der Waals surface area (Å²) in [6, 6.07) is 9.34. The normalized spacial score (nSPS) is 18.4. The molecule has 0 bridgehead atoms. The lowest BCUT2D eigenvalue weighted by Gasteiger charge is -2.07. The summed E-state index contributed by atoms with van der Waals surface area (Å²) in [6.07, 6.45) is 4.61. The summed E-state index contributed by atoms with van der Waals surface area (Å²) < 4.78 is 9.50. The summed E-state index contributed by atoms with van der Waals surface area (Å²) in [5, 5.41) is 0. The zero-order chi connectivity index (χ0) is 12.1. The highest BCUT2D eigenvalue weighted by Gasteiger charge is 2.19. The number of hydrogen-bond acceptors (Lipinski definition) is 4. The summed E-state index contributed by atoms with van der Waals surface area (Å²) in [5.74, 6) is -1.06. The third-order valence-corrected chi connectivity index (χ3v) is 2.07. The summed E-state index contributed by atoms with van der Waals surface area (Å²) in [4.78, 5) is 22.0. The van der Waals surface area contributed by atoms with Gasteiger partial charge in [-0.15, -0.1) is 0 Å². The molecule has 2 rings (SSSR count). The predicted molar refractivity (Wildman–Crippen MR) is 60.6 cm³/mol. The van der Waals surface area contributed by atoms with Crippen LogP contribution in [0.25, 0.3) is 6.08 Å². The number of rotatable bonds is 3. The van der Waals surface area contributed by atoms with Crippen LogP contribution < -0.4 is 0 Å². The van der Waals surface area contributed by atoms with Gasteiger partial charge in [0.15, 0.2) is 0 Å². The molecule has 0 fully saturated rings. The Labute approximate surface area is 98.2 Å². The highest BCUT2D eigenvalue weighted by Crippen LogP contribution is 2.07. The van der Waals surface area contributed by atoms with Gasteiger partial charge in [0.25, 0.3) is 6.29 Å². The van der Waals surface area contributed by atoms with E-state index in [1.54, 1.807) is 6.08 Å². The van der Waals surface area contributed by atoms with Gasteiger partial charge >= 0.3 is 11.9 Å². The van der Waals surface area contributed by atoms with Crippen molar-refractivity contribution in [3.05, 3.63) is 54.1 Å². The second-order valence-corrected chi connectivity index (χ2v) is 3.35. The van der Waals surface area contributed by atoms with E-state index in [0.29, 0.717) is 0 Å². The number of ether oxygens (including phenoxy) is 2. The molecule has 86 valence electrons. The van der Waals surface area contributed by atoms with Gasteiger partial charge in [-0.05, 0) is 11.6 Å². The first-order valence-corrected chi connectivity index (χ1v) is 5.06. The molecule has 0 saturated heterocycles. The van der Waals surface area contributed by atoms with E-state index in [9.17, 15) is 9.59 Å². The predicted octanol–water partition coefficient (Wildman–Crippen LogP) is 1.68. The van der Waals surface area contributed by atoms with Crippen LogP contribution in [0, 0.1) is 0 Å². The molecule has 17 heavy (non-hydrogen) atoms. The first-order valence-electron chi connectivity index (χ1n) is 5.06. The molecule has 1 aromatic carbocycles. The third kappa shape index (κ3) is 3.31. The average molecular weight is 230 g/mol. The van der Waals surface area contributed by atoms with Crippen molar-refractivity contribution in [2.45, 2.75) is 6.29 Å². The van der Waals surface area contributed by atoms with Gasteiger partial charge in [-0.3, -0.25) is 0 Å². The van der Waals surface area contributed by atoms with E-state index in [2.05, 4.69) is 4.74 Å². The van der Waals surface area contributed by atoms with Crippen molar-refractivity contribution >= 4 is 18.0 Å². The van der Waals surface area contributed by atoms with E-state index in [1.807, 2.05) is 30.3 Å². The van der Waals surface area contributed by atoms with Gasteiger partial charge < -0.3 is 9.47 Å². The molecule has 0 radical (unpaired) electrons. The van der Waals surface area contributed by atoms with Gasteiger partial charge in [0.1, 0.15) is 0 Å². The van der Waals surface area contributed by atoms with Crippen molar-refractivity contribution in [3.63, 3.8) is 0 Å². The van der Waals surface area contributed by atoms with Gasteiger partial charge in [-0.1, -0.05) is 30.3 Å².